The van der Waals surface area contributed by atoms with Gasteiger partial charge in [-0.05, 0) is 11.6 Å². The highest BCUT2D eigenvalue weighted by atomic mass is 32.2. The number of hydrogen-bond acceptors (Lipinski definition) is 2. The molecule has 0 amide bonds. The van der Waals surface area contributed by atoms with E-state index in [1.54, 1.807) is 12.2 Å². The van der Waals surface area contributed by atoms with Crippen LogP contribution in [0.15, 0.2) is 40.8 Å². The summed E-state index contributed by atoms with van der Waals surface area (Å²) in [6.45, 7) is 0. The molecule has 0 radical (unpaired) electrons. The van der Waals surface area contributed by atoms with Crippen molar-refractivity contribution in [1.29, 1.82) is 0 Å². The molecule has 13 heavy (non-hydrogen) atoms. The van der Waals surface area contributed by atoms with E-state index in [4.69, 9.17) is 0 Å². The van der Waals surface area contributed by atoms with E-state index in [1.165, 1.54) is 6.21 Å². The maximum absolute atomic E-state index is 10.0. The van der Waals surface area contributed by atoms with E-state index in [9.17, 15) is 8.42 Å². The van der Waals surface area contributed by atoms with Crippen molar-refractivity contribution in [3.63, 3.8) is 0 Å². The van der Waals surface area contributed by atoms with Crippen LogP contribution in [-0.4, -0.2) is 14.6 Å². The molecule has 68 valence electrons. The standard InChI is InChI=1S/C9H9NO2S/c11-13(12)10-8-4-7-9-5-2-1-3-6-9/h1-8,13H/b7-4+,10-8+. The van der Waals surface area contributed by atoms with Crippen LogP contribution in [0.2, 0.25) is 0 Å². The topological polar surface area (TPSA) is 46.5 Å². The first-order valence-corrected chi connectivity index (χ1v) is 4.82. The van der Waals surface area contributed by atoms with Crippen LogP contribution in [0.25, 0.3) is 6.08 Å². The second kappa shape index (κ2) is 5.27. The molecule has 1 rings (SSSR count). The highest BCUT2D eigenvalue weighted by Crippen LogP contribution is 1.99. The van der Waals surface area contributed by atoms with Gasteiger partial charge in [-0.25, -0.2) is 8.42 Å². The number of thiol groups is 1. The minimum absolute atomic E-state index is 1.01. The van der Waals surface area contributed by atoms with E-state index in [0.717, 1.165) is 5.56 Å². The first-order chi connectivity index (χ1) is 6.29. The lowest BCUT2D eigenvalue weighted by atomic mass is 10.2. The summed E-state index contributed by atoms with van der Waals surface area (Å²) >= 11 is 0. The highest BCUT2D eigenvalue weighted by Gasteiger charge is 1.79. The minimum Gasteiger partial charge on any atom is -0.208 e. The Kier molecular flexibility index (Phi) is 3.92. The van der Waals surface area contributed by atoms with Crippen LogP contribution in [-0.2, 0) is 10.9 Å². The van der Waals surface area contributed by atoms with Crippen molar-refractivity contribution >= 4 is 23.2 Å². The monoisotopic (exact) mass is 195 g/mol. The van der Waals surface area contributed by atoms with Crippen LogP contribution in [0.1, 0.15) is 5.56 Å². The normalized spacial score (nSPS) is 11.8. The Morgan fingerprint density at radius 1 is 1.15 bits per heavy atom. The van der Waals surface area contributed by atoms with Crippen LogP contribution in [0.4, 0.5) is 0 Å². The van der Waals surface area contributed by atoms with E-state index in [-0.39, 0.29) is 0 Å². The molecule has 0 N–H and O–H groups in total. The van der Waals surface area contributed by atoms with E-state index in [2.05, 4.69) is 4.40 Å². The molecular formula is C9H9NO2S. The molecule has 0 spiro atoms. The van der Waals surface area contributed by atoms with Crippen molar-refractivity contribution in [3.8, 4) is 0 Å². The first kappa shape index (κ1) is 9.67. The van der Waals surface area contributed by atoms with Gasteiger partial charge in [-0.1, -0.05) is 36.4 Å². The van der Waals surface area contributed by atoms with Gasteiger partial charge < -0.3 is 0 Å². The molecule has 0 fully saturated rings. The Labute approximate surface area is 78.5 Å². The zero-order chi connectivity index (χ0) is 9.52. The Balaban J connectivity index is 2.60. The van der Waals surface area contributed by atoms with Crippen molar-refractivity contribution in [2.75, 3.05) is 0 Å². The number of rotatable bonds is 3. The largest absolute Gasteiger partial charge is 0.243 e. The van der Waals surface area contributed by atoms with Gasteiger partial charge in [0.1, 0.15) is 0 Å². The van der Waals surface area contributed by atoms with Gasteiger partial charge in [0.15, 0.2) is 0 Å². The molecule has 4 heteroatoms. The van der Waals surface area contributed by atoms with Crippen molar-refractivity contribution < 1.29 is 8.42 Å². The van der Waals surface area contributed by atoms with Gasteiger partial charge in [-0.15, -0.1) is 0 Å². The lowest BCUT2D eigenvalue weighted by Gasteiger charge is -1.87. The lowest BCUT2D eigenvalue weighted by Crippen LogP contribution is -1.71. The summed E-state index contributed by atoms with van der Waals surface area (Å²) < 4.78 is 23.2. The van der Waals surface area contributed by atoms with Crippen molar-refractivity contribution in [3.05, 3.63) is 42.0 Å². The van der Waals surface area contributed by atoms with Gasteiger partial charge in [0.25, 0.3) is 0 Å². The summed E-state index contributed by atoms with van der Waals surface area (Å²) in [4.78, 5) is 0. The summed E-state index contributed by atoms with van der Waals surface area (Å²) in [5, 5.41) is 0. The predicted molar refractivity (Wildman–Crippen MR) is 54.3 cm³/mol. The fourth-order valence-electron chi connectivity index (χ4n) is 0.811. The molecule has 0 aromatic heterocycles. The van der Waals surface area contributed by atoms with E-state index >= 15 is 0 Å². The Morgan fingerprint density at radius 2 is 1.85 bits per heavy atom. The van der Waals surface area contributed by atoms with Crippen molar-refractivity contribution in [1.82, 2.24) is 0 Å². The van der Waals surface area contributed by atoms with Gasteiger partial charge in [0.2, 0.25) is 10.9 Å². The molecule has 0 heterocycles. The van der Waals surface area contributed by atoms with Gasteiger partial charge in [0.05, 0.1) is 0 Å². The second-order valence-corrected chi connectivity index (χ2v) is 2.98. The Bertz CT molecular complexity index is 372. The quantitative estimate of drug-likeness (QED) is 0.583. The smallest absolute Gasteiger partial charge is 0.208 e. The number of nitrogens with zero attached hydrogens (tertiary/aromatic N) is 1. The molecule has 1 aromatic carbocycles. The average Bonchev–Trinajstić information content (AvgIpc) is 2.14. The molecule has 3 nitrogen and oxygen atoms in total. The molecule has 0 aliphatic heterocycles. The van der Waals surface area contributed by atoms with Crippen LogP contribution < -0.4 is 0 Å². The molecule has 0 bridgehead atoms. The minimum atomic E-state index is -2.66. The molecule has 0 aliphatic rings. The fourth-order valence-corrected chi connectivity index (χ4v) is 0.997. The number of allylic oxidation sites excluding steroid dienone is 1. The van der Waals surface area contributed by atoms with Crippen molar-refractivity contribution in [2.24, 2.45) is 4.40 Å². The zero-order valence-electron chi connectivity index (χ0n) is 6.83. The average molecular weight is 195 g/mol. The van der Waals surface area contributed by atoms with Crippen LogP contribution in [0, 0.1) is 0 Å². The van der Waals surface area contributed by atoms with Crippen LogP contribution in [0.3, 0.4) is 0 Å². The Hall–Kier alpha value is -1.42. The summed E-state index contributed by atoms with van der Waals surface area (Å²) in [5.41, 5.74) is 1.01. The maximum Gasteiger partial charge on any atom is 0.243 e. The van der Waals surface area contributed by atoms with Crippen molar-refractivity contribution in [2.45, 2.75) is 0 Å². The third-order valence-electron chi connectivity index (χ3n) is 1.34. The molecule has 1 aromatic rings. The van der Waals surface area contributed by atoms with Crippen LogP contribution >= 0.6 is 0 Å². The molecule has 0 aliphatic carbocycles. The second-order valence-electron chi connectivity index (χ2n) is 2.27. The van der Waals surface area contributed by atoms with Gasteiger partial charge in [-0.3, -0.25) is 0 Å². The third kappa shape index (κ3) is 4.22. The van der Waals surface area contributed by atoms with Gasteiger partial charge >= 0.3 is 0 Å². The summed E-state index contributed by atoms with van der Waals surface area (Å²) in [5.74, 6) is 0. The maximum atomic E-state index is 10.0. The first-order valence-electron chi connectivity index (χ1n) is 3.69. The number of benzene rings is 1. The lowest BCUT2D eigenvalue weighted by molar-refractivity contribution is 0.616. The Morgan fingerprint density at radius 3 is 2.46 bits per heavy atom. The van der Waals surface area contributed by atoms with E-state index in [0.29, 0.717) is 0 Å². The molecule has 0 saturated heterocycles. The van der Waals surface area contributed by atoms with Gasteiger partial charge in [-0.2, -0.15) is 4.40 Å². The molecule has 0 saturated carbocycles. The molecule has 0 atom stereocenters. The van der Waals surface area contributed by atoms with Crippen LogP contribution in [0.5, 0.6) is 0 Å². The third-order valence-corrected chi connectivity index (χ3v) is 1.66. The van der Waals surface area contributed by atoms with Gasteiger partial charge in [0, 0.05) is 6.21 Å². The fraction of sp³-hybridized carbons (Fsp3) is 0. The summed E-state index contributed by atoms with van der Waals surface area (Å²) in [6, 6.07) is 9.57. The van der Waals surface area contributed by atoms with E-state index in [1.807, 2.05) is 30.3 Å². The number of hydrogen-bond donors (Lipinski definition) is 1. The summed E-state index contributed by atoms with van der Waals surface area (Å²) in [7, 11) is -2.66. The zero-order valence-corrected chi connectivity index (χ0v) is 7.72. The summed E-state index contributed by atoms with van der Waals surface area (Å²) in [6.07, 6.45) is 4.61. The highest BCUT2D eigenvalue weighted by molar-refractivity contribution is 7.71. The molecular weight excluding hydrogens is 186 g/mol. The SMILES string of the molecule is O=[SH](=O)/N=C/C=C/c1ccccc1. The van der Waals surface area contributed by atoms with E-state index < -0.39 is 10.9 Å². The predicted octanol–water partition coefficient (Wildman–Crippen LogP) is 1.30. The molecule has 0 unspecified atom stereocenters.